The molecular formula is C16H10Br2N6O. The van der Waals surface area contributed by atoms with Gasteiger partial charge in [0.25, 0.3) is 5.95 Å². The second-order valence-corrected chi connectivity index (χ2v) is 6.92. The smallest absolute Gasteiger partial charge is 0.265 e. The van der Waals surface area contributed by atoms with Crippen LogP contribution in [0.2, 0.25) is 0 Å². The van der Waals surface area contributed by atoms with E-state index in [1.165, 1.54) is 0 Å². The number of benzene rings is 2. The molecule has 0 aliphatic carbocycles. The highest BCUT2D eigenvalue weighted by Gasteiger charge is 2.08. The van der Waals surface area contributed by atoms with Crippen molar-refractivity contribution >= 4 is 66.1 Å². The number of fused-ring (bicyclic) bond motifs is 3. The second kappa shape index (κ2) is 6.41. The number of anilines is 1. The summed E-state index contributed by atoms with van der Waals surface area (Å²) in [6, 6.07) is 11.3. The van der Waals surface area contributed by atoms with Crippen molar-refractivity contribution in [2.45, 2.75) is 0 Å². The Morgan fingerprint density at radius 3 is 2.68 bits per heavy atom. The van der Waals surface area contributed by atoms with Crippen LogP contribution in [-0.2, 0) is 0 Å². The van der Waals surface area contributed by atoms with Crippen LogP contribution >= 0.6 is 31.9 Å². The number of hydrazone groups is 1. The molecule has 7 nitrogen and oxygen atoms in total. The number of rotatable bonds is 3. The fourth-order valence-corrected chi connectivity index (χ4v) is 3.61. The number of aromatic amines is 1. The number of para-hydroxylation sites is 1. The van der Waals surface area contributed by atoms with E-state index in [1.54, 1.807) is 18.3 Å². The summed E-state index contributed by atoms with van der Waals surface area (Å²) in [5.41, 5.74) is 5.85. The number of hydrogen-bond acceptors (Lipinski definition) is 6. The van der Waals surface area contributed by atoms with Gasteiger partial charge in [0.15, 0.2) is 5.65 Å². The lowest BCUT2D eigenvalue weighted by atomic mass is 10.2. The topological polar surface area (TPSA) is 99.1 Å². The summed E-state index contributed by atoms with van der Waals surface area (Å²) in [5, 5.41) is 23.0. The van der Waals surface area contributed by atoms with E-state index in [4.69, 9.17) is 0 Å². The van der Waals surface area contributed by atoms with Crippen molar-refractivity contribution in [3.63, 3.8) is 0 Å². The van der Waals surface area contributed by atoms with Crippen LogP contribution in [0.25, 0.3) is 22.1 Å². The van der Waals surface area contributed by atoms with E-state index in [-0.39, 0.29) is 11.7 Å². The van der Waals surface area contributed by atoms with E-state index in [2.05, 4.69) is 62.6 Å². The Bertz CT molecular complexity index is 1100. The van der Waals surface area contributed by atoms with Gasteiger partial charge in [-0.15, -0.1) is 10.2 Å². The van der Waals surface area contributed by atoms with Gasteiger partial charge in [-0.3, -0.25) is 0 Å². The molecule has 0 fully saturated rings. The van der Waals surface area contributed by atoms with Gasteiger partial charge < -0.3 is 10.1 Å². The van der Waals surface area contributed by atoms with Crippen LogP contribution in [0.3, 0.4) is 0 Å². The van der Waals surface area contributed by atoms with Gasteiger partial charge in [0.1, 0.15) is 11.3 Å². The van der Waals surface area contributed by atoms with Crippen molar-refractivity contribution in [2.75, 3.05) is 5.43 Å². The molecule has 25 heavy (non-hydrogen) atoms. The van der Waals surface area contributed by atoms with Gasteiger partial charge in [-0.25, -0.2) is 5.43 Å². The zero-order valence-electron chi connectivity index (χ0n) is 12.5. The van der Waals surface area contributed by atoms with E-state index >= 15 is 0 Å². The summed E-state index contributed by atoms with van der Waals surface area (Å²) in [4.78, 5) is 7.58. The van der Waals surface area contributed by atoms with Crippen molar-refractivity contribution in [2.24, 2.45) is 5.10 Å². The monoisotopic (exact) mass is 460 g/mol. The summed E-state index contributed by atoms with van der Waals surface area (Å²) in [7, 11) is 0. The molecule has 0 spiro atoms. The average Bonchev–Trinajstić information content (AvgIpc) is 2.97. The van der Waals surface area contributed by atoms with E-state index in [0.29, 0.717) is 14.6 Å². The first-order valence-corrected chi connectivity index (χ1v) is 8.78. The number of H-pyrrole nitrogens is 1. The lowest BCUT2D eigenvalue weighted by Crippen LogP contribution is -1.99. The summed E-state index contributed by atoms with van der Waals surface area (Å²) >= 11 is 6.55. The Morgan fingerprint density at radius 1 is 1.12 bits per heavy atom. The molecule has 0 bridgehead atoms. The summed E-state index contributed by atoms with van der Waals surface area (Å²) in [6.07, 6.45) is 1.59. The minimum atomic E-state index is 0.141. The third-order valence-electron chi connectivity index (χ3n) is 3.54. The summed E-state index contributed by atoms with van der Waals surface area (Å²) < 4.78 is 1.14. The number of hydrogen-bond donors (Lipinski definition) is 3. The maximum Gasteiger partial charge on any atom is 0.265 e. The number of halogens is 2. The van der Waals surface area contributed by atoms with E-state index in [1.807, 2.05) is 24.3 Å². The van der Waals surface area contributed by atoms with Gasteiger partial charge in [0, 0.05) is 10.9 Å². The zero-order chi connectivity index (χ0) is 17.4. The molecule has 2 heterocycles. The fraction of sp³-hybridized carbons (Fsp3) is 0. The Hall–Kier alpha value is -2.52. The van der Waals surface area contributed by atoms with Crippen molar-refractivity contribution in [1.29, 1.82) is 0 Å². The fourth-order valence-electron chi connectivity index (χ4n) is 2.39. The highest BCUT2D eigenvalue weighted by Crippen LogP contribution is 2.32. The van der Waals surface area contributed by atoms with Gasteiger partial charge in [-0.05, 0) is 55.6 Å². The van der Waals surface area contributed by atoms with Crippen LogP contribution < -0.4 is 5.43 Å². The molecule has 0 aliphatic rings. The largest absolute Gasteiger partial charge is 0.506 e. The SMILES string of the molecule is Oc1c(Br)cc(/C=N\Nc2nnc3c(n2)[nH]c2ccccc23)cc1Br. The second-order valence-electron chi connectivity index (χ2n) is 5.21. The van der Waals surface area contributed by atoms with Crippen molar-refractivity contribution in [3.05, 3.63) is 50.9 Å². The predicted octanol–water partition coefficient (Wildman–Crippen LogP) is 4.18. The first-order valence-electron chi connectivity index (χ1n) is 7.20. The predicted molar refractivity (Wildman–Crippen MR) is 104 cm³/mol. The van der Waals surface area contributed by atoms with Gasteiger partial charge in [0.2, 0.25) is 0 Å². The van der Waals surface area contributed by atoms with Crippen molar-refractivity contribution in [1.82, 2.24) is 20.2 Å². The Kier molecular flexibility index (Phi) is 4.10. The summed E-state index contributed by atoms with van der Waals surface area (Å²) in [5.74, 6) is 0.425. The molecule has 0 unspecified atom stereocenters. The van der Waals surface area contributed by atoms with Crippen LogP contribution in [-0.4, -0.2) is 31.5 Å². The van der Waals surface area contributed by atoms with Gasteiger partial charge in [-0.2, -0.15) is 10.1 Å². The third kappa shape index (κ3) is 3.08. The maximum atomic E-state index is 9.71. The molecule has 3 N–H and O–H groups in total. The lowest BCUT2D eigenvalue weighted by Gasteiger charge is -2.02. The number of phenolic OH excluding ortho intramolecular Hbond substituents is 1. The first-order chi connectivity index (χ1) is 12.1. The molecule has 124 valence electrons. The molecule has 2 aromatic heterocycles. The first kappa shape index (κ1) is 16.0. The van der Waals surface area contributed by atoms with Crippen LogP contribution in [0.4, 0.5) is 5.95 Å². The van der Waals surface area contributed by atoms with Crippen molar-refractivity contribution < 1.29 is 5.11 Å². The van der Waals surface area contributed by atoms with Crippen LogP contribution in [0.5, 0.6) is 5.75 Å². The summed E-state index contributed by atoms with van der Waals surface area (Å²) in [6.45, 7) is 0. The van der Waals surface area contributed by atoms with Crippen LogP contribution in [0.15, 0.2) is 50.4 Å². The number of aromatic hydroxyl groups is 1. The lowest BCUT2D eigenvalue weighted by molar-refractivity contribution is 0.468. The third-order valence-corrected chi connectivity index (χ3v) is 4.75. The van der Waals surface area contributed by atoms with Crippen LogP contribution in [0, 0.1) is 0 Å². The van der Waals surface area contributed by atoms with E-state index < -0.39 is 0 Å². The molecule has 0 aliphatic heterocycles. The molecule has 0 saturated carbocycles. The van der Waals surface area contributed by atoms with E-state index in [9.17, 15) is 5.11 Å². The van der Waals surface area contributed by atoms with Gasteiger partial charge in [0.05, 0.1) is 15.2 Å². The maximum absolute atomic E-state index is 9.71. The quantitative estimate of drug-likeness (QED) is 0.314. The Morgan fingerprint density at radius 2 is 1.88 bits per heavy atom. The molecule has 4 aromatic rings. The molecular weight excluding hydrogens is 452 g/mol. The Balaban J connectivity index is 1.59. The minimum Gasteiger partial charge on any atom is -0.506 e. The number of nitrogens with zero attached hydrogens (tertiary/aromatic N) is 4. The molecule has 0 atom stereocenters. The number of aromatic nitrogens is 4. The highest BCUT2D eigenvalue weighted by molar-refractivity contribution is 9.11. The van der Waals surface area contributed by atoms with Gasteiger partial charge >= 0.3 is 0 Å². The number of nitrogens with one attached hydrogen (secondary N) is 2. The molecule has 0 radical (unpaired) electrons. The molecule has 9 heteroatoms. The van der Waals surface area contributed by atoms with Crippen molar-refractivity contribution in [3.8, 4) is 5.75 Å². The molecule has 0 saturated heterocycles. The Labute approximate surface area is 158 Å². The minimum absolute atomic E-state index is 0.141. The zero-order valence-corrected chi connectivity index (χ0v) is 15.7. The standard InChI is InChI=1S/C16H10Br2N6O/c17-10-5-8(6-11(18)14(10)25)7-19-23-16-21-15-13(22-24-16)9-3-1-2-4-12(9)20-15/h1-7,25H,(H2,20,21,23,24)/b19-7-. The molecule has 2 aromatic carbocycles. The number of phenols is 1. The average molecular weight is 462 g/mol. The van der Waals surface area contributed by atoms with Gasteiger partial charge in [-0.1, -0.05) is 18.2 Å². The molecule has 0 amide bonds. The van der Waals surface area contributed by atoms with E-state index in [0.717, 1.165) is 22.0 Å². The van der Waals surface area contributed by atoms with Crippen LogP contribution in [0.1, 0.15) is 5.56 Å². The normalized spacial score (nSPS) is 11.6. The highest BCUT2D eigenvalue weighted by atomic mass is 79.9. The molecule has 4 rings (SSSR count).